The number of benzene rings is 3. The molecule has 0 saturated carbocycles. The summed E-state index contributed by atoms with van der Waals surface area (Å²) in [6.07, 6.45) is 0. The number of carbonyl (C=O) groups excluding carboxylic acids is 1. The van der Waals surface area contributed by atoms with Gasteiger partial charge in [-0.25, -0.2) is 0 Å². The van der Waals surface area contributed by atoms with Crippen molar-refractivity contribution < 1.29 is 13.9 Å². The van der Waals surface area contributed by atoms with Crippen LogP contribution in [-0.4, -0.2) is 5.91 Å². The van der Waals surface area contributed by atoms with Crippen LogP contribution in [0.5, 0.6) is 5.75 Å². The van der Waals surface area contributed by atoms with E-state index in [-0.39, 0.29) is 23.7 Å². The Morgan fingerprint density at radius 2 is 1.61 bits per heavy atom. The van der Waals surface area contributed by atoms with Crippen LogP contribution >= 0.6 is 11.6 Å². The predicted molar refractivity (Wildman–Crippen MR) is 132 cm³/mol. The van der Waals surface area contributed by atoms with Crippen LogP contribution in [0.3, 0.4) is 0 Å². The first-order valence-corrected chi connectivity index (χ1v) is 11.2. The van der Waals surface area contributed by atoms with E-state index in [9.17, 15) is 4.79 Å². The Morgan fingerprint density at radius 3 is 2.33 bits per heavy atom. The Morgan fingerprint density at radius 1 is 0.909 bits per heavy atom. The highest BCUT2D eigenvalue weighted by atomic mass is 35.5. The fourth-order valence-electron chi connectivity index (χ4n) is 3.65. The SMILES string of the molecule is Cc1c(Cl)cccc1NC(=O)c1ccc(COc2ccc(C(C)(C)c3ccccc3)cc2)o1. The summed E-state index contributed by atoms with van der Waals surface area (Å²) >= 11 is 6.12. The summed E-state index contributed by atoms with van der Waals surface area (Å²) in [5.74, 6) is 1.18. The maximum absolute atomic E-state index is 12.5. The average Bonchev–Trinajstić information content (AvgIpc) is 3.31. The van der Waals surface area contributed by atoms with Gasteiger partial charge in [-0.15, -0.1) is 0 Å². The first-order valence-electron chi connectivity index (χ1n) is 10.8. The van der Waals surface area contributed by atoms with Crippen LogP contribution in [0, 0.1) is 6.92 Å². The molecular weight excluding hydrogens is 434 g/mol. The highest BCUT2D eigenvalue weighted by Crippen LogP contribution is 2.32. The average molecular weight is 460 g/mol. The van der Waals surface area contributed by atoms with E-state index >= 15 is 0 Å². The molecule has 5 heteroatoms. The molecule has 0 spiro atoms. The highest BCUT2D eigenvalue weighted by Gasteiger charge is 2.22. The van der Waals surface area contributed by atoms with Gasteiger partial charge in [0, 0.05) is 16.1 Å². The van der Waals surface area contributed by atoms with Gasteiger partial charge < -0.3 is 14.5 Å². The van der Waals surface area contributed by atoms with Crippen molar-refractivity contribution in [2.24, 2.45) is 0 Å². The summed E-state index contributed by atoms with van der Waals surface area (Å²) < 4.78 is 11.5. The normalized spacial score (nSPS) is 11.3. The van der Waals surface area contributed by atoms with Gasteiger partial charge >= 0.3 is 0 Å². The fraction of sp³-hybridized carbons (Fsp3) is 0.179. The van der Waals surface area contributed by atoms with E-state index in [1.807, 2.05) is 25.1 Å². The molecule has 4 nitrogen and oxygen atoms in total. The second-order valence-electron chi connectivity index (χ2n) is 8.44. The van der Waals surface area contributed by atoms with Gasteiger partial charge in [-0.3, -0.25) is 4.79 Å². The van der Waals surface area contributed by atoms with E-state index < -0.39 is 0 Å². The summed E-state index contributed by atoms with van der Waals surface area (Å²) in [5, 5.41) is 3.43. The Labute approximate surface area is 199 Å². The van der Waals surface area contributed by atoms with Gasteiger partial charge in [-0.05, 0) is 60.0 Å². The van der Waals surface area contributed by atoms with Gasteiger partial charge in [0.1, 0.15) is 18.1 Å². The van der Waals surface area contributed by atoms with Crippen molar-refractivity contribution in [1.29, 1.82) is 0 Å². The third-order valence-electron chi connectivity index (χ3n) is 5.85. The van der Waals surface area contributed by atoms with E-state index in [0.29, 0.717) is 16.5 Å². The molecule has 3 aromatic carbocycles. The van der Waals surface area contributed by atoms with Crippen LogP contribution in [0.2, 0.25) is 5.02 Å². The van der Waals surface area contributed by atoms with Gasteiger partial charge in [0.15, 0.2) is 5.76 Å². The van der Waals surface area contributed by atoms with E-state index in [2.05, 4.69) is 55.6 Å². The molecular formula is C28H26ClNO3. The largest absolute Gasteiger partial charge is 0.486 e. The van der Waals surface area contributed by atoms with Crippen LogP contribution in [0.1, 0.15) is 46.9 Å². The summed E-state index contributed by atoms with van der Waals surface area (Å²) in [6.45, 7) is 6.49. The topological polar surface area (TPSA) is 51.5 Å². The molecule has 0 unspecified atom stereocenters. The molecule has 4 aromatic rings. The smallest absolute Gasteiger partial charge is 0.291 e. The van der Waals surface area contributed by atoms with Crippen molar-refractivity contribution in [3.63, 3.8) is 0 Å². The van der Waals surface area contributed by atoms with Crippen molar-refractivity contribution in [1.82, 2.24) is 0 Å². The molecule has 1 aromatic heterocycles. The van der Waals surface area contributed by atoms with Crippen LogP contribution < -0.4 is 10.1 Å². The zero-order valence-electron chi connectivity index (χ0n) is 18.9. The molecule has 0 aliphatic rings. The Balaban J connectivity index is 1.37. The molecule has 0 aliphatic heterocycles. The highest BCUT2D eigenvalue weighted by molar-refractivity contribution is 6.31. The fourth-order valence-corrected chi connectivity index (χ4v) is 3.82. The zero-order chi connectivity index (χ0) is 23.4. The first kappa shape index (κ1) is 22.7. The Bertz CT molecular complexity index is 1240. The molecule has 33 heavy (non-hydrogen) atoms. The second-order valence-corrected chi connectivity index (χ2v) is 8.84. The number of hydrogen-bond acceptors (Lipinski definition) is 3. The number of hydrogen-bond donors (Lipinski definition) is 1. The number of amides is 1. The van der Waals surface area contributed by atoms with Crippen LogP contribution in [-0.2, 0) is 12.0 Å². The third-order valence-corrected chi connectivity index (χ3v) is 6.26. The number of nitrogens with one attached hydrogen (secondary N) is 1. The Kier molecular flexibility index (Phi) is 6.57. The summed E-state index contributed by atoms with van der Waals surface area (Å²) in [5.41, 5.74) is 3.81. The lowest BCUT2D eigenvalue weighted by Crippen LogP contribution is -2.18. The van der Waals surface area contributed by atoms with Crippen molar-refractivity contribution in [2.45, 2.75) is 32.8 Å². The minimum absolute atomic E-state index is 0.107. The molecule has 0 saturated heterocycles. The van der Waals surface area contributed by atoms with E-state index in [4.69, 9.17) is 20.8 Å². The second kappa shape index (κ2) is 9.55. The molecule has 1 N–H and O–H groups in total. The third kappa shape index (κ3) is 5.12. The number of furan rings is 1. The molecule has 1 amide bonds. The van der Waals surface area contributed by atoms with Gasteiger partial charge in [-0.1, -0.05) is 74.0 Å². The molecule has 0 bridgehead atoms. The maximum atomic E-state index is 12.5. The van der Waals surface area contributed by atoms with Crippen LogP contribution in [0.15, 0.2) is 89.3 Å². The summed E-state index contributed by atoms with van der Waals surface area (Å²) in [6, 6.07) is 27.3. The van der Waals surface area contributed by atoms with E-state index in [0.717, 1.165) is 11.3 Å². The summed E-state index contributed by atoms with van der Waals surface area (Å²) in [4.78, 5) is 12.5. The lowest BCUT2D eigenvalue weighted by atomic mass is 9.78. The molecule has 0 radical (unpaired) electrons. The van der Waals surface area contributed by atoms with E-state index in [1.54, 1.807) is 30.3 Å². The molecule has 4 rings (SSSR count). The number of halogens is 1. The van der Waals surface area contributed by atoms with Crippen molar-refractivity contribution in [3.8, 4) is 5.75 Å². The lowest BCUT2D eigenvalue weighted by molar-refractivity contribution is 0.0992. The maximum Gasteiger partial charge on any atom is 0.291 e. The minimum atomic E-state index is -0.334. The minimum Gasteiger partial charge on any atom is -0.486 e. The van der Waals surface area contributed by atoms with Gasteiger partial charge in [0.25, 0.3) is 5.91 Å². The molecule has 168 valence electrons. The van der Waals surface area contributed by atoms with Crippen LogP contribution in [0.25, 0.3) is 0 Å². The quantitative estimate of drug-likeness (QED) is 0.313. The molecule has 1 heterocycles. The van der Waals surface area contributed by atoms with Crippen molar-refractivity contribution in [3.05, 3.63) is 118 Å². The molecule has 0 atom stereocenters. The predicted octanol–water partition coefficient (Wildman–Crippen LogP) is 7.40. The van der Waals surface area contributed by atoms with Gasteiger partial charge in [0.2, 0.25) is 0 Å². The number of ether oxygens (including phenoxy) is 1. The standard InChI is InChI=1S/C28H26ClNO3/c1-19-24(29)10-7-11-25(19)30-27(31)26-17-16-23(33-26)18-32-22-14-12-21(13-15-22)28(2,3)20-8-5-4-6-9-20/h4-17H,18H2,1-3H3,(H,30,31). The zero-order valence-corrected chi connectivity index (χ0v) is 19.6. The van der Waals surface area contributed by atoms with Crippen LogP contribution in [0.4, 0.5) is 5.69 Å². The number of carbonyl (C=O) groups is 1. The first-order chi connectivity index (χ1) is 15.8. The van der Waals surface area contributed by atoms with E-state index in [1.165, 1.54) is 11.1 Å². The summed E-state index contributed by atoms with van der Waals surface area (Å²) in [7, 11) is 0. The van der Waals surface area contributed by atoms with Crippen molar-refractivity contribution >= 4 is 23.2 Å². The monoisotopic (exact) mass is 459 g/mol. The van der Waals surface area contributed by atoms with Gasteiger partial charge in [-0.2, -0.15) is 0 Å². The van der Waals surface area contributed by atoms with Crippen molar-refractivity contribution in [2.75, 3.05) is 5.32 Å². The number of anilines is 1. The van der Waals surface area contributed by atoms with Gasteiger partial charge in [0.05, 0.1) is 0 Å². The lowest BCUT2D eigenvalue weighted by Gasteiger charge is -2.26. The Hall–Kier alpha value is -3.50. The number of rotatable bonds is 7. The molecule has 0 aliphatic carbocycles. The molecule has 0 fully saturated rings.